The van der Waals surface area contributed by atoms with E-state index >= 15 is 0 Å². The predicted octanol–water partition coefficient (Wildman–Crippen LogP) is 4.00. The number of carbonyl (C=O) groups excluding carboxylic acids is 4. The van der Waals surface area contributed by atoms with Crippen LogP contribution in [0, 0.1) is 5.92 Å². The minimum atomic E-state index is -1.07. The lowest BCUT2D eigenvalue weighted by Gasteiger charge is -2.23. The van der Waals surface area contributed by atoms with Crippen molar-refractivity contribution in [2.45, 2.75) is 58.8 Å². The Balaban J connectivity index is 1.99. The van der Waals surface area contributed by atoms with E-state index in [2.05, 4.69) is 21.3 Å². The van der Waals surface area contributed by atoms with Crippen LogP contribution in [0.4, 0.5) is 4.79 Å². The zero-order valence-electron chi connectivity index (χ0n) is 23.2. The second-order valence-electron chi connectivity index (χ2n) is 9.49. The predicted molar refractivity (Wildman–Crippen MR) is 154 cm³/mol. The molecule has 10 nitrogen and oxygen atoms in total. The van der Waals surface area contributed by atoms with Crippen LogP contribution < -0.4 is 30.7 Å². The van der Waals surface area contributed by atoms with Gasteiger partial charge < -0.3 is 30.7 Å². The van der Waals surface area contributed by atoms with Gasteiger partial charge in [-0.05, 0) is 54.2 Å². The average molecular weight is 596 g/mol. The molecular formula is C28H36Cl2N4O6. The lowest BCUT2D eigenvalue weighted by Crippen LogP contribution is -2.55. The van der Waals surface area contributed by atoms with Crippen molar-refractivity contribution in [2.24, 2.45) is 5.92 Å². The highest BCUT2D eigenvalue weighted by atomic mass is 35.5. The largest absolute Gasteiger partial charge is 0.497 e. The van der Waals surface area contributed by atoms with Crippen molar-refractivity contribution in [1.29, 1.82) is 0 Å². The number of benzene rings is 2. The molecule has 2 aromatic carbocycles. The summed E-state index contributed by atoms with van der Waals surface area (Å²) >= 11 is 11.9. The summed E-state index contributed by atoms with van der Waals surface area (Å²) in [5, 5.41) is 11.3. The molecule has 0 heterocycles. The van der Waals surface area contributed by atoms with Crippen molar-refractivity contribution in [3.05, 3.63) is 57.6 Å². The number of urea groups is 1. The van der Waals surface area contributed by atoms with Gasteiger partial charge in [-0.15, -0.1) is 0 Å². The van der Waals surface area contributed by atoms with E-state index in [9.17, 15) is 19.2 Å². The number of Topliss-reactive ketones (excluding diaryl/α,β-unsaturated/α-hetero) is 1. The minimum Gasteiger partial charge on any atom is -0.497 e. The highest BCUT2D eigenvalue weighted by Crippen LogP contribution is 2.23. The number of nitrogens with one attached hydrogen (secondary N) is 4. The summed E-state index contributed by atoms with van der Waals surface area (Å²) in [7, 11) is 3.02. The van der Waals surface area contributed by atoms with Crippen LogP contribution >= 0.6 is 23.2 Å². The zero-order chi connectivity index (χ0) is 29.8. The average Bonchev–Trinajstić information content (AvgIpc) is 2.93. The van der Waals surface area contributed by atoms with E-state index in [1.807, 2.05) is 13.8 Å². The van der Waals surface area contributed by atoms with Crippen molar-refractivity contribution in [3.8, 4) is 11.5 Å². The summed E-state index contributed by atoms with van der Waals surface area (Å²) in [6, 6.07) is 7.52. The Kier molecular flexibility index (Phi) is 13.0. The maximum atomic E-state index is 13.1. The second kappa shape index (κ2) is 15.9. The Bertz CT molecular complexity index is 1190. The Morgan fingerprint density at radius 1 is 0.800 bits per heavy atom. The third-order valence-corrected chi connectivity index (χ3v) is 6.63. The molecule has 2 atom stereocenters. The summed E-state index contributed by atoms with van der Waals surface area (Å²) in [6.07, 6.45) is 0.503. The molecule has 0 aliphatic rings. The summed E-state index contributed by atoms with van der Waals surface area (Å²) in [6.45, 7) is 5.70. The third-order valence-electron chi connectivity index (χ3n) is 5.90. The first-order valence-electron chi connectivity index (χ1n) is 12.8. The minimum absolute atomic E-state index is 0.0546. The molecule has 0 fully saturated rings. The van der Waals surface area contributed by atoms with Crippen LogP contribution in [0.1, 0.15) is 44.7 Å². The van der Waals surface area contributed by atoms with Crippen LogP contribution in [0.5, 0.6) is 11.5 Å². The van der Waals surface area contributed by atoms with Crippen molar-refractivity contribution < 1.29 is 28.7 Å². The lowest BCUT2D eigenvalue weighted by molar-refractivity contribution is -0.140. The van der Waals surface area contributed by atoms with Gasteiger partial charge in [0, 0.05) is 19.2 Å². The number of hydrogen-bond acceptors (Lipinski definition) is 6. The van der Waals surface area contributed by atoms with Crippen LogP contribution in [-0.2, 0) is 27.5 Å². The summed E-state index contributed by atoms with van der Waals surface area (Å²) in [4.78, 5) is 51.1. The number of amides is 4. The number of carbonyl (C=O) groups is 4. The first-order valence-corrected chi connectivity index (χ1v) is 13.6. The molecule has 4 N–H and O–H groups in total. The van der Waals surface area contributed by atoms with Gasteiger partial charge in [-0.1, -0.05) is 50.0 Å². The monoisotopic (exact) mass is 594 g/mol. The van der Waals surface area contributed by atoms with Crippen LogP contribution in [-0.4, -0.2) is 49.9 Å². The molecular weight excluding hydrogens is 559 g/mol. The Morgan fingerprint density at radius 3 is 1.98 bits per heavy atom. The Hall–Kier alpha value is -3.50. The lowest BCUT2D eigenvalue weighted by atomic mass is 10.0. The quantitative estimate of drug-likeness (QED) is 0.244. The van der Waals surface area contributed by atoms with Gasteiger partial charge in [0.15, 0.2) is 0 Å². The molecule has 2 rings (SSSR count). The molecule has 0 aromatic heterocycles. The highest BCUT2D eigenvalue weighted by Gasteiger charge is 2.29. The fraction of sp³-hybridized carbons (Fsp3) is 0.429. The molecule has 4 amide bonds. The smallest absolute Gasteiger partial charge is 0.315 e. The second-order valence-corrected chi connectivity index (χ2v) is 10.3. The van der Waals surface area contributed by atoms with E-state index in [1.54, 1.807) is 43.3 Å². The van der Waals surface area contributed by atoms with Crippen molar-refractivity contribution in [3.63, 3.8) is 0 Å². The van der Waals surface area contributed by atoms with Crippen molar-refractivity contribution >= 4 is 46.8 Å². The molecule has 0 saturated heterocycles. The third kappa shape index (κ3) is 10.2. The Labute approximate surface area is 244 Å². The SMILES string of the molecule is CCC(NC(=O)[C@H](CC(C)C)NC(=O)NCc1ccc(Cl)c(Cl)c1)C(=O)C(=O)NCc1cc(OC)cc(OC)c1. The van der Waals surface area contributed by atoms with Crippen molar-refractivity contribution in [2.75, 3.05) is 14.2 Å². The molecule has 0 bridgehead atoms. The normalized spacial score (nSPS) is 12.2. The maximum Gasteiger partial charge on any atom is 0.315 e. The van der Waals surface area contributed by atoms with Crippen LogP contribution in [0.25, 0.3) is 0 Å². The topological polar surface area (TPSA) is 135 Å². The van der Waals surface area contributed by atoms with E-state index < -0.39 is 35.7 Å². The Morgan fingerprint density at radius 2 is 1.43 bits per heavy atom. The van der Waals surface area contributed by atoms with E-state index in [0.29, 0.717) is 33.5 Å². The molecule has 2 aromatic rings. The number of ether oxygens (including phenoxy) is 2. The molecule has 218 valence electrons. The van der Waals surface area contributed by atoms with Crippen LogP contribution in [0.3, 0.4) is 0 Å². The number of hydrogen-bond donors (Lipinski definition) is 4. The summed E-state index contributed by atoms with van der Waals surface area (Å²) in [5.74, 6) is -1.06. The number of halogens is 2. The van der Waals surface area contributed by atoms with Crippen LogP contribution in [0.2, 0.25) is 10.0 Å². The van der Waals surface area contributed by atoms with E-state index in [-0.39, 0.29) is 25.4 Å². The molecule has 40 heavy (non-hydrogen) atoms. The highest BCUT2D eigenvalue weighted by molar-refractivity contribution is 6.42. The number of methoxy groups -OCH3 is 2. The number of ketones is 1. The van der Waals surface area contributed by atoms with Gasteiger partial charge in [-0.3, -0.25) is 14.4 Å². The molecule has 0 radical (unpaired) electrons. The fourth-order valence-corrected chi connectivity index (χ4v) is 4.09. The van der Waals surface area contributed by atoms with E-state index in [4.69, 9.17) is 32.7 Å². The zero-order valence-corrected chi connectivity index (χ0v) is 24.7. The molecule has 0 saturated carbocycles. The molecule has 0 aliphatic carbocycles. The first-order chi connectivity index (χ1) is 19.0. The van der Waals surface area contributed by atoms with Gasteiger partial charge in [0.05, 0.1) is 30.3 Å². The van der Waals surface area contributed by atoms with E-state index in [0.717, 1.165) is 5.56 Å². The molecule has 1 unspecified atom stereocenters. The fourth-order valence-electron chi connectivity index (χ4n) is 3.77. The molecule has 0 aliphatic heterocycles. The standard InChI is InChI=1S/C28H36Cl2N4O6/c1-6-23(25(35)27(37)31-15-18-10-19(39-4)13-20(11-18)40-5)33-26(36)24(9-16(2)3)34-28(38)32-14-17-7-8-21(29)22(30)12-17/h7-8,10-13,16,23-24H,6,9,14-15H2,1-5H3,(H,31,37)(H,33,36)(H2,32,34,38)/t23?,24-/m0/s1. The van der Waals surface area contributed by atoms with Gasteiger partial charge in [0.25, 0.3) is 5.91 Å². The van der Waals surface area contributed by atoms with E-state index in [1.165, 1.54) is 14.2 Å². The van der Waals surface area contributed by atoms with Crippen LogP contribution in [0.15, 0.2) is 36.4 Å². The maximum absolute atomic E-state index is 13.1. The van der Waals surface area contributed by atoms with Crippen molar-refractivity contribution in [1.82, 2.24) is 21.3 Å². The molecule has 0 spiro atoms. The summed E-state index contributed by atoms with van der Waals surface area (Å²) < 4.78 is 10.4. The summed E-state index contributed by atoms with van der Waals surface area (Å²) in [5.41, 5.74) is 1.40. The first kappa shape index (κ1) is 32.7. The number of rotatable bonds is 14. The van der Waals surface area contributed by atoms with Gasteiger partial charge in [-0.25, -0.2) is 4.79 Å². The van der Waals surface area contributed by atoms with Gasteiger partial charge in [0.2, 0.25) is 11.7 Å². The van der Waals surface area contributed by atoms with Gasteiger partial charge in [0.1, 0.15) is 17.5 Å². The van der Waals surface area contributed by atoms with Gasteiger partial charge in [-0.2, -0.15) is 0 Å². The molecule has 12 heteroatoms. The van der Waals surface area contributed by atoms with Gasteiger partial charge >= 0.3 is 6.03 Å².